The molecule has 1 saturated heterocycles. The Bertz CT molecular complexity index is 485. The molecule has 1 aromatic rings. The molecular weight excluding hydrogens is 270 g/mol. The number of nitrogen functional groups attached to an aromatic ring is 1. The topological polar surface area (TPSA) is 79.0 Å². The fraction of sp³-hybridized carbons (Fsp3) is 0.533. The number of aliphatic hydroxyl groups is 1. The van der Waals surface area contributed by atoms with Gasteiger partial charge in [0, 0.05) is 50.0 Å². The van der Waals surface area contributed by atoms with E-state index in [1.165, 1.54) is 0 Å². The zero-order valence-corrected chi connectivity index (χ0v) is 12.4. The third kappa shape index (κ3) is 4.09. The highest BCUT2D eigenvalue weighted by atomic mass is 16.5. The number of amides is 1. The molecule has 1 amide bonds. The van der Waals surface area contributed by atoms with Crippen LogP contribution in [-0.4, -0.2) is 66.8 Å². The van der Waals surface area contributed by atoms with Gasteiger partial charge >= 0.3 is 0 Å². The lowest BCUT2D eigenvalue weighted by Gasteiger charge is -2.34. The van der Waals surface area contributed by atoms with Crippen LogP contribution in [0.15, 0.2) is 18.2 Å². The van der Waals surface area contributed by atoms with Crippen LogP contribution in [0, 0.1) is 0 Å². The van der Waals surface area contributed by atoms with Gasteiger partial charge in [-0.25, -0.2) is 0 Å². The highest BCUT2D eigenvalue weighted by Gasteiger charge is 2.22. The zero-order chi connectivity index (χ0) is 15.2. The Labute approximate surface area is 125 Å². The number of nitrogens with two attached hydrogens (primary N) is 1. The first-order chi connectivity index (χ1) is 10.1. The first-order valence-electron chi connectivity index (χ1n) is 7.30. The van der Waals surface area contributed by atoms with Gasteiger partial charge in [0.2, 0.25) is 0 Å². The van der Waals surface area contributed by atoms with E-state index in [2.05, 4.69) is 4.90 Å². The highest BCUT2D eigenvalue weighted by molar-refractivity contribution is 5.95. The Morgan fingerprint density at radius 1 is 1.29 bits per heavy atom. The van der Waals surface area contributed by atoms with E-state index >= 15 is 0 Å². The minimum atomic E-state index is -0.0214. The Kier molecular flexibility index (Phi) is 5.41. The minimum absolute atomic E-state index is 0.0214. The maximum atomic E-state index is 12.5. The van der Waals surface area contributed by atoms with Crippen molar-refractivity contribution >= 4 is 11.6 Å². The van der Waals surface area contributed by atoms with Gasteiger partial charge in [-0.2, -0.15) is 0 Å². The Hall–Kier alpha value is -1.79. The van der Waals surface area contributed by atoms with Crippen molar-refractivity contribution in [3.63, 3.8) is 0 Å². The molecule has 6 heteroatoms. The van der Waals surface area contributed by atoms with Crippen LogP contribution in [0.5, 0.6) is 5.75 Å². The van der Waals surface area contributed by atoms with Gasteiger partial charge in [0.1, 0.15) is 5.75 Å². The van der Waals surface area contributed by atoms with Crippen molar-refractivity contribution < 1.29 is 14.6 Å². The third-order valence-electron chi connectivity index (χ3n) is 3.56. The molecule has 0 radical (unpaired) electrons. The summed E-state index contributed by atoms with van der Waals surface area (Å²) >= 11 is 0. The number of rotatable bonds is 5. The summed E-state index contributed by atoms with van der Waals surface area (Å²) in [6, 6.07) is 5.15. The van der Waals surface area contributed by atoms with Crippen molar-refractivity contribution in [2.45, 2.75) is 6.92 Å². The molecule has 1 aromatic carbocycles. The molecule has 116 valence electrons. The lowest BCUT2D eigenvalue weighted by molar-refractivity contribution is 0.0614. The minimum Gasteiger partial charge on any atom is -0.494 e. The predicted octanol–water partition coefficient (Wildman–Crippen LogP) is 0.418. The van der Waals surface area contributed by atoms with Crippen LogP contribution >= 0.6 is 0 Å². The standard InChI is InChI=1S/C15H23N3O3/c1-2-21-14-10-12(9-13(16)11-14)15(20)18-5-3-17(4-6-18)7-8-19/h9-11,19H,2-8,16H2,1H3. The van der Waals surface area contributed by atoms with Crippen LogP contribution in [0.4, 0.5) is 5.69 Å². The second kappa shape index (κ2) is 7.28. The van der Waals surface area contributed by atoms with Crippen molar-refractivity contribution in [3.8, 4) is 5.75 Å². The van der Waals surface area contributed by atoms with Gasteiger partial charge < -0.3 is 20.5 Å². The molecule has 3 N–H and O–H groups in total. The molecule has 0 saturated carbocycles. The Balaban J connectivity index is 2.03. The molecule has 1 aliphatic heterocycles. The van der Waals surface area contributed by atoms with Crippen LogP contribution < -0.4 is 10.5 Å². The molecule has 0 aromatic heterocycles. The van der Waals surface area contributed by atoms with Crippen LogP contribution in [0.1, 0.15) is 17.3 Å². The molecule has 0 spiro atoms. The lowest BCUT2D eigenvalue weighted by Crippen LogP contribution is -2.49. The van der Waals surface area contributed by atoms with Crippen LogP contribution in [0.2, 0.25) is 0 Å². The molecule has 0 aliphatic carbocycles. The molecule has 1 fully saturated rings. The Morgan fingerprint density at radius 2 is 2.00 bits per heavy atom. The molecular formula is C15H23N3O3. The zero-order valence-electron chi connectivity index (χ0n) is 12.4. The van der Waals surface area contributed by atoms with Gasteiger partial charge in [-0.05, 0) is 19.1 Å². The van der Waals surface area contributed by atoms with Crippen molar-refractivity contribution in [2.75, 3.05) is 51.7 Å². The number of nitrogens with zero attached hydrogens (tertiary/aromatic N) is 2. The maximum absolute atomic E-state index is 12.5. The van der Waals surface area contributed by atoms with E-state index < -0.39 is 0 Å². The summed E-state index contributed by atoms with van der Waals surface area (Å²) in [5, 5.41) is 8.93. The molecule has 0 atom stereocenters. The fourth-order valence-corrected chi connectivity index (χ4v) is 2.49. The van der Waals surface area contributed by atoms with Crippen LogP contribution in [-0.2, 0) is 0 Å². The summed E-state index contributed by atoms with van der Waals surface area (Å²) in [6.07, 6.45) is 0. The number of ether oxygens (including phenoxy) is 1. The molecule has 6 nitrogen and oxygen atoms in total. The molecule has 21 heavy (non-hydrogen) atoms. The number of hydrogen-bond donors (Lipinski definition) is 2. The number of aliphatic hydroxyl groups excluding tert-OH is 1. The monoisotopic (exact) mass is 293 g/mol. The van der Waals surface area contributed by atoms with Gasteiger partial charge in [-0.1, -0.05) is 0 Å². The van der Waals surface area contributed by atoms with Crippen molar-refractivity contribution in [1.29, 1.82) is 0 Å². The van der Waals surface area contributed by atoms with Gasteiger partial charge in [-0.15, -0.1) is 0 Å². The molecule has 0 unspecified atom stereocenters. The largest absolute Gasteiger partial charge is 0.494 e. The quantitative estimate of drug-likeness (QED) is 0.769. The summed E-state index contributed by atoms with van der Waals surface area (Å²) in [6.45, 7) is 6.15. The number of anilines is 1. The summed E-state index contributed by atoms with van der Waals surface area (Å²) < 4.78 is 5.43. The number of benzene rings is 1. The summed E-state index contributed by atoms with van der Waals surface area (Å²) in [4.78, 5) is 16.5. The van der Waals surface area contributed by atoms with Gasteiger partial charge in [0.25, 0.3) is 5.91 Å². The number of β-amino-alcohol motifs (C(OH)–C–C–N with tert-alkyl or cyclic N) is 1. The van der Waals surface area contributed by atoms with Gasteiger partial charge in [0.05, 0.1) is 13.2 Å². The van der Waals surface area contributed by atoms with E-state index in [0.29, 0.717) is 43.2 Å². The molecule has 0 bridgehead atoms. The lowest BCUT2D eigenvalue weighted by atomic mass is 10.1. The molecule has 1 heterocycles. The second-order valence-corrected chi connectivity index (χ2v) is 5.08. The highest BCUT2D eigenvalue weighted by Crippen LogP contribution is 2.20. The fourth-order valence-electron chi connectivity index (χ4n) is 2.49. The second-order valence-electron chi connectivity index (χ2n) is 5.08. The van der Waals surface area contributed by atoms with E-state index in [4.69, 9.17) is 15.6 Å². The van der Waals surface area contributed by atoms with Crippen LogP contribution in [0.25, 0.3) is 0 Å². The van der Waals surface area contributed by atoms with E-state index in [9.17, 15) is 4.79 Å². The smallest absolute Gasteiger partial charge is 0.254 e. The average Bonchev–Trinajstić information content (AvgIpc) is 2.47. The number of piperazine rings is 1. The first kappa shape index (κ1) is 15.6. The van der Waals surface area contributed by atoms with Crippen LogP contribution in [0.3, 0.4) is 0 Å². The number of carbonyl (C=O) groups excluding carboxylic acids is 1. The van der Waals surface area contributed by atoms with Gasteiger partial charge in [-0.3, -0.25) is 9.69 Å². The first-order valence-corrected chi connectivity index (χ1v) is 7.30. The van der Waals surface area contributed by atoms with Crippen molar-refractivity contribution in [2.24, 2.45) is 0 Å². The Morgan fingerprint density at radius 3 is 2.62 bits per heavy atom. The SMILES string of the molecule is CCOc1cc(N)cc(C(=O)N2CCN(CCO)CC2)c1. The predicted molar refractivity (Wildman–Crippen MR) is 81.5 cm³/mol. The van der Waals surface area contributed by atoms with E-state index in [-0.39, 0.29) is 12.5 Å². The van der Waals surface area contributed by atoms with E-state index in [1.807, 2.05) is 11.8 Å². The summed E-state index contributed by atoms with van der Waals surface area (Å²) in [5.41, 5.74) is 6.93. The van der Waals surface area contributed by atoms with Crippen molar-refractivity contribution in [3.05, 3.63) is 23.8 Å². The summed E-state index contributed by atoms with van der Waals surface area (Å²) in [5.74, 6) is 0.603. The number of carbonyl (C=O) groups is 1. The van der Waals surface area contributed by atoms with Gasteiger partial charge in [0.15, 0.2) is 0 Å². The maximum Gasteiger partial charge on any atom is 0.254 e. The third-order valence-corrected chi connectivity index (χ3v) is 3.56. The molecule has 2 rings (SSSR count). The van der Waals surface area contributed by atoms with E-state index in [0.717, 1.165) is 13.1 Å². The number of hydrogen-bond acceptors (Lipinski definition) is 5. The normalized spacial score (nSPS) is 16.0. The summed E-state index contributed by atoms with van der Waals surface area (Å²) in [7, 11) is 0. The molecule has 1 aliphatic rings. The average molecular weight is 293 g/mol. The van der Waals surface area contributed by atoms with Crippen molar-refractivity contribution in [1.82, 2.24) is 9.80 Å². The van der Waals surface area contributed by atoms with E-state index in [1.54, 1.807) is 18.2 Å².